The van der Waals surface area contributed by atoms with E-state index in [1.807, 2.05) is 0 Å². The van der Waals surface area contributed by atoms with E-state index in [0.717, 1.165) is 12.8 Å². The number of esters is 1. The summed E-state index contributed by atoms with van der Waals surface area (Å²) >= 11 is 0. The van der Waals surface area contributed by atoms with Crippen LogP contribution in [0.3, 0.4) is 0 Å². The first-order valence-electron chi connectivity index (χ1n) is 10.4. The molecule has 4 rings (SSSR count). The lowest BCUT2D eigenvalue weighted by Crippen LogP contribution is -2.67. The SMILES string of the molecule is CC(C)(C)[Si](OCC1CCC2OC(=O)CC12)(c1ccccc1)c1ccccc1. The van der Waals surface area contributed by atoms with E-state index in [-0.39, 0.29) is 17.1 Å². The highest BCUT2D eigenvalue weighted by Gasteiger charge is 2.52. The van der Waals surface area contributed by atoms with Gasteiger partial charge in [0.25, 0.3) is 8.32 Å². The molecule has 2 fully saturated rings. The molecule has 3 atom stereocenters. The Morgan fingerprint density at radius 3 is 2.07 bits per heavy atom. The summed E-state index contributed by atoms with van der Waals surface area (Å²) in [6.45, 7) is 7.61. The highest BCUT2D eigenvalue weighted by Crippen LogP contribution is 2.43. The molecule has 2 aromatic rings. The normalized spacial score (nSPS) is 24.8. The van der Waals surface area contributed by atoms with Gasteiger partial charge in [-0.15, -0.1) is 0 Å². The van der Waals surface area contributed by atoms with Crippen molar-refractivity contribution in [2.24, 2.45) is 11.8 Å². The van der Waals surface area contributed by atoms with E-state index in [0.29, 0.717) is 24.9 Å². The van der Waals surface area contributed by atoms with E-state index in [1.54, 1.807) is 0 Å². The third-order valence-corrected chi connectivity index (χ3v) is 11.5. The smallest absolute Gasteiger partial charge is 0.306 e. The molecule has 0 amide bonds. The molecule has 1 aliphatic carbocycles. The van der Waals surface area contributed by atoms with E-state index < -0.39 is 8.32 Å². The van der Waals surface area contributed by atoms with Crippen molar-refractivity contribution in [2.45, 2.75) is 51.2 Å². The first-order valence-corrected chi connectivity index (χ1v) is 12.3. The van der Waals surface area contributed by atoms with Crippen LogP contribution < -0.4 is 10.4 Å². The quantitative estimate of drug-likeness (QED) is 0.570. The molecule has 1 aliphatic heterocycles. The van der Waals surface area contributed by atoms with E-state index >= 15 is 0 Å². The minimum Gasteiger partial charge on any atom is -0.462 e. The number of rotatable bonds is 5. The molecule has 4 heteroatoms. The number of carbonyl (C=O) groups excluding carboxylic acids is 1. The van der Waals surface area contributed by atoms with Gasteiger partial charge in [0.15, 0.2) is 0 Å². The maximum Gasteiger partial charge on any atom is 0.306 e. The highest BCUT2D eigenvalue weighted by molar-refractivity contribution is 6.99. The second kappa shape index (κ2) is 7.49. The molecule has 2 aliphatic rings. The van der Waals surface area contributed by atoms with Gasteiger partial charge in [-0.3, -0.25) is 4.79 Å². The molecule has 28 heavy (non-hydrogen) atoms. The Kier molecular flexibility index (Phi) is 5.19. The summed E-state index contributed by atoms with van der Waals surface area (Å²) in [6.07, 6.45) is 2.73. The molecule has 2 aromatic carbocycles. The summed E-state index contributed by atoms with van der Waals surface area (Å²) in [7, 11) is -2.50. The molecule has 3 nitrogen and oxygen atoms in total. The van der Waals surface area contributed by atoms with E-state index in [2.05, 4.69) is 81.4 Å². The fraction of sp³-hybridized carbons (Fsp3) is 0.458. The van der Waals surface area contributed by atoms with Crippen LogP contribution in [0.15, 0.2) is 60.7 Å². The standard InChI is InChI=1S/C24H30O3Si/c1-24(2,3)28(19-10-6-4-7-11-19,20-12-8-5-9-13-20)26-17-18-14-15-22-21(18)16-23(25)27-22/h4-13,18,21-22H,14-17H2,1-3H3. The third-order valence-electron chi connectivity index (χ3n) is 6.52. The van der Waals surface area contributed by atoms with Gasteiger partial charge in [0.2, 0.25) is 0 Å². The van der Waals surface area contributed by atoms with Crippen LogP contribution in [-0.4, -0.2) is 27.0 Å². The molecule has 3 unspecified atom stereocenters. The van der Waals surface area contributed by atoms with Gasteiger partial charge in [-0.05, 0) is 34.2 Å². The molecule has 0 bridgehead atoms. The van der Waals surface area contributed by atoms with Crippen molar-refractivity contribution >= 4 is 24.7 Å². The van der Waals surface area contributed by atoms with Crippen molar-refractivity contribution in [3.05, 3.63) is 60.7 Å². The zero-order chi connectivity index (χ0) is 19.8. The third kappa shape index (κ3) is 3.33. The Labute approximate surface area is 169 Å². The lowest BCUT2D eigenvalue weighted by atomic mass is 9.94. The van der Waals surface area contributed by atoms with Crippen molar-refractivity contribution in [3.63, 3.8) is 0 Å². The molecule has 1 heterocycles. The lowest BCUT2D eigenvalue weighted by Gasteiger charge is -2.43. The Morgan fingerprint density at radius 2 is 1.54 bits per heavy atom. The zero-order valence-corrected chi connectivity index (χ0v) is 18.1. The summed E-state index contributed by atoms with van der Waals surface area (Å²) < 4.78 is 12.6. The van der Waals surface area contributed by atoms with Gasteiger partial charge in [0.1, 0.15) is 6.10 Å². The number of hydrogen-bond donors (Lipinski definition) is 0. The predicted molar refractivity (Wildman–Crippen MR) is 114 cm³/mol. The number of fused-ring (bicyclic) bond motifs is 1. The van der Waals surface area contributed by atoms with Gasteiger partial charge in [0, 0.05) is 12.5 Å². The Bertz CT molecular complexity index is 773. The Balaban J connectivity index is 1.70. The van der Waals surface area contributed by atoms with Crippen LogP contribution in [0.4, 0.5) is 0 Å². The minimum atomic E-state index is -2.50. The largest absolute Gasteiger partial charge is 0.462 e. The first kappa shape index (κ1) is 19.4. The average molecular weight is 395 g/mol. The van der Waals surface area contributed by atoms with Gasteiger partial charge >= 0.3 is 5.97 Å². The highest BCUT2D eigenvalue weighted by atomic mass is 28.4. The predicted octanol–water partition coefficient (Wildman–Crippen LogP) is 3.90. The molecule has 0 N–H and O–H groups in total. The van der Waals surface area contributed by atoms with E-state index in [1.165, 1.54) is 10.4 Å². The topological polar surface area (TPSA) is 35.5 Å². The fourth-order valence-corrected chi connectivity index (χ4v) is 9.78. The lowest BCUT2D eigenvalue weighted by molar-refractivity contribution is -0.141. The summed E-state index contributed by atoms with van der Waals surface area (Å²) in [5.74, 6) is 0.689. The van der Waals surface area contributed by atoms with Crippen molar-refractivity contribution in [2.75, 3.05) is 6.61 Å². The van der Waals surface area contributed by atoms with Crippen LogP contribution in [0, 0.1) is 11.8 Å². The molecule has 1 saturated carbocycles. The number of benzene rings is 2. The summed E-state index contributed by atoms with van der Waals surface area (Å²) in [6, 6.07) is 21.5. The van der Waals surface area contributed by atoms with Gasteiger partial charge in [-0.25, -0.2) is 0 Å². The number of hydrogen-bond acceptors (Lipinski definition) is 3. The number of ether oxygens (including phenoxy) is 1. The van der Waals surface area contributed by atoms with E-state index in [9.17, 15) is 4.79 Å². The molecule has 0 aromatic heterocycles. The van der Waals surface area contributed by atoms with Crippen molar-refractivity contribution in [3.8, 4) is 0 Å². The minimum absolute atomic E-state index is 0.0181. The van der Waals surface area contributed by atoms with Gasteiger partial charge in [-0.2, -0.15) is 0 Å². The molecule has 1 saturated heterocycles. The van der Waals surface area contributed by atoms with Crippen molar-refractivity contribution in [1.82, 2.24) is 0 Å². The second-order valence-electron chi connectivity index (χ2n) is 9.21. The fourth-order valence-electron chi connectivity index (χ4n) is 5.16. The monoisotopic (exact) mass is 394 g/mol. The van der Waals surface area contributed by atoms with Crippen LogP contribution in [0.2, 0.25) is 5.04 Å². The van der Waals surface area contributed by atoms with Crippen molar-refractivity contribution in [1.29, 1.82) is 0 Å². The zero-order valence-electron chi connectivity index (χ0n) is 17.1. The molecule has 148 valence electrons. The summed E-state index contributed by atoms with van der Waals surface area (Å²) in [5, 5.41) is 2.60. The summed E-state index contributed by atoms with van der Waals surface area (Å²) in [4.78, 5) is 11.8. The average Bonchev–Trinajstić information content (AvgIpc) is 3.22. The maximum absolute atomic E-state index is 11.8. The molecule has 0 spiro atoms. The molecule has 0 radical (unpaired) electrons. The van der Waals surface area contributed by atoms with Crippen LogP contribution in [0.25, 0.3) is 0 Å². The number of carbonyl (C=O) groups is 1. The Hall–Kier alpha value is -1.91. The summed E-state index contributed by atoms with van der Waals surface area (Å²) in [5.41, 5.74) is 0. The van der Waals surface area contributed by atoms with Crippen LogP contribution in [-0.2, 0) is 14.0 Å². The Morgan fingerprint density at radius 1 is 0.964 bits per heavy atom. The second-order valence-corrected chi connectivity index (χ2v) is 13.5. The van der Waals surface area contributed by atoms with E-state index in [4.69, 9.17) is 9.16 Å². The van der Waals surface area contributed by atoms with Crippen LogP contribution in [0.1, 0.15) is 40.0 Å². The van der Waals surface area contributed by atoms with Gasteiger partial charge in [-0.1, -0.05) is 81.4 Å². The maximum atomic E-state index is 11.8. The first-order chi connectivity index (χ1) is 13.4. The van der Waals surface area contributed by atoms with Crippen LogP contribution >= 0.6 is 0 Å². The molecular formula is C24H30O3Si. The molecular weight excluding hydrogens is 364 g/mol. The van der Waals surface area contributed by atoms with Gasteiger partial charge in [0.05, 0.1) is 6.42 Å². The van der Waals surface area contributed by atoms with Gasteiger partial charge < -0.3 is 9.16 Å². The van der Waals surface area contributed by atoms with Crippen molar-refractivity contribution < 1.29 is 14.0 Å². The van der Waals surface area contributed by atoms with Crippen LogP contribution in [0.5, 0.6) is 0 Å².